The van der Waals surface area contributed by atoms with E-state index < -0.39 is 5.97 Å². The number of halogens is 2. The molecule has 1 aliphatic carbocycles. The fourth-order valence-electron chi connectivity index (χ4n) is 3.93. The third-order valence-corrected chi connectivity index (χ3v) is 6.53. The highest BCUT2D eigenvalue weighted by Gasteiger charge is 2.36. The quantitative estimate of drug-likeness (QED) is 0.421. The molecule has 140 valence electrons. The summed E-state index contributed by atoms with van der Waals surface area (Å²) in [5, 5.41) is 9.49. The minimum Gasteiger partial charge on any atom is -0.478 e. The van der Waals surface area contributed by atoms with Crippen LogP contribution in [0.1, 0.15) is 51.3 Å². The van der Waals surface area contributed by atoms with Crippen molar-refractivity contribution in [1.29, 1.82) is 0 Å². The molecule has 0 aliphatic heterocycles. The number of carbonyl (C=O) groups is 2. The molecule has 3 nitrogen and oxygen atoms in total. The second-order valence-corrected chi connectivity index (χ2v) is 9.14. The van der Waals surface area contributed by atoms with E-state index in [1.165, 1.54) is 11.6 Å². The second-order valence-electron chi connectivity index (χ2n) is 7.37. The summed E-state index contributed by atoms with van der Waals surface area (Å²) in [5.41, 5.74) is 4.92. The van der Waals surface area contributed by atoms with Gasteiger partial charge in [-0.15, -0.1) is 0 Å². The Morgan fingerprint density at radius 3 is 2.21 bits per heavy atom. The van der Waals surface area contributed by atoms with Crippen molar-refractivity contribution in [3.8, 4) is 11.1 Å². The highest BCUT2D eigenvalue weighted by Crippen LogP contribution is 2.49. The van der Waals surface area contributed by atoms with Crippen LogP contribution < -0.4 is 0 Å². The van der Waals surface area contributed by atoms with Crippen LogP contribution in [0.4, 0.5) is 0 Å². The molecule has 0 bridgehead atoms. The topological polar surface area (TPSA) is 54.4 Å². The molecule has 1 N–H and O–H groups in total. The number of hydrogen-bond acceptors (Lipinski definition) is 2. The summed E-state index contributed by atoms with van der Waals surface area (Å²) in [6, 6.07) is 16.6. The molecule has 3 aromatic carbocycles. The molecule has 0 radical (unpaired) electrons. The smallest absolute Gasteiger partial charge is 0.336 e. The van der Waals surface area contributed by atoms with Crippen molar-refractivity contribution in [2.24, 2.45) is 0 Å². The molecule has 4 rings (SSSR count). The molecule has 3 aromatic rings. The number of hydrogen-bond donors (Lipinski definition) is 1. The molecule has 5 heteroatoms. The molecule has 0 spiro atoms. The van der Waals surface area contributed by atoms with Crippen molar-refractivity contribution in [3.63, 3.8) is 0 Å². The van der Waals surface area contributed by atoms with Crippen LogP contribution in [0.5, 0.6) is 0 Å². The zero-order valence-corrected chi connectivity index (χ0v) is 18.4. The first-order valence-corrected chi connectivity index (χ1v) is 10.3. The van der Waals surface area contributed by atoms with Gasteiger partial charge in [0.05, 0.1) is 11.1 Å². The van der Waals surface area contributed by atoms with Crippen LogP contribution in [-0.4, -0.2) is 16.9 Å². The fraction of sp³-hybridized carbons (Fsp3) is 0.130. The van der Waals surface area contributed by atoms with Gasteiger partial charge in [-0.25, -0.2) is 4.79 Å². The number of rotatable bonds is 3. The molecule has 0 saturated carbocycles. The molecule has 0 amide bonds. The zero-order valence-electron chi connectivity index (χ0n) is 15.2. The average molecular weight is 500 g/mol. The van der Waals surface area contributed by atoms with E-state index in [-0.39, 0.29) is 22.3 Å². The minimum atomic E-state index is -1.12. The lowest BCUT2D eigenvalue weighted by molar-refractivity contribution is 0.0692. The predicted molar refractivity (Wildman–Crippen MR) is 116 cm³/mol. The van der Waals surface area contributed by atoms with Gasteiger partial charge >= 0.3 is 5.97 Å². The Morgan fingerprint density at radius 2 is 1.54 bits per heavy atom. The maximum atomic E-state index is 13.2. The molecule has 1 aliphatic rings. The summed E-state index contributed by atoms with van der Waals surface area (Å²) >= 11 is 6.88. The van der Waals surface area contributed by atoms with Crippen LogP contribution in [0, 0.1) is 0 Å². The predicted octanol–water partition coefficient (Wildman–Crippen LogP) is 6.45. The van der Waals surface area contributed by atoms with Crippen molar-refractivity contribution in [2.75, 3.05) is 0 Å². The van der Waals surface area contributed by atoms with Gasteiger partial charge in [0, 0.05) is 19.9 Å². The lowest BCUT2D eigenvalue weighted by atomic mass is 9.81. The van der Waals surface area contributed by atoms with Crippen LogP contribution in [0.15, 0.2) is 63.5 Å². The van der Waals surface area contributed by atoms with Gasteiger partial charge in [0.15, 0.2) is 5.78 Å². The second kappa shape index (κ2) is 6.68. The summed E-state index contributed by atoms with van der Waals surface area (Å²) in [4.78, 5) is 24.8. The van der Waals surface area contributed by atoms with E-state index in [1.54, 1.807) is 18.2 Å². The van der Waals surface area contributed by atoms with Crippen LogP contribution in [-0.2, 0) is 5.41 Å². The first-order valence-electron chi connectivity index (χ1n) is 8.73. The van der Waals surface area contributed by atoms with Crippen molar-refractivity contribution >= 4 is 43.6 Å². The Morgan fingerprint density at radius 1 is 0.893 bits per heavy atom. The maximum Gasteiger partial charge on any atom is 0.336 e. The summed E-state index contributed by atoms with van der Waals surface area (Å²) < 4.78 is 1.49. The largest absolute Gasteiger partial charge is 0.478 e. The van der Waals surface area contributed by atoms with Gasteiger partial charge in [-0.1, -0.05) is 70.0 Å². The Kier molecular flexibility index (Phi) is 4.55. The Bertz CT molecular complexity index is 1160. The molecule has 0 fully saturated rings. The highest BCUT2D eigenvalue weighted by atomic mass is 79.9. The third-order valence-electron chi connectivity index (χ3n) is 5.37. The van der Waals surface area contributed by atoms with Gasteiger partial charge in [0.2, 0.25) is 0 Å². The van der Waals surface area contributed by atoms with Crippen LogP contribution in [0.3, 0.4) is 0 Å². The lowest BCUT2D eigenvalue weighted by Crippen LogP contribution is -2.16. The van der Waals surface area contributed by atoms with E-state index in [0.717, 1.165) is 21.2 Å². The van der Waals surface area contributed by atoms with Gasteiger partial charge in [-0.3, -0.25) is 4.79 Å². The molecule has 0 saturated heterocycles. The number of carboxylic acids is 1. The van der Waals surface area contributed by atoms with E-state index >= 15 is 0 Å². The SMILES string of the molecule is CC1(C)c2cc(Br)ccc2-c2ccc(C(=O)c3c(Br)cccc3C(=O)O)cc21. The Hall–Kier alpha value is -2.24. The van der Waals surface area contributed by atoms with E-state index in [2.05, 4.69) is 57.8 Å². The van der Waals surface area contributed by atoms with Crippen molar-refractivity contribution in [3.05, 3.63) is 91.4 Å². The monoisotopic (exact) mass is 498 g/mol. The molecule has 0 heterocycles. The highest BCUT2D eigenvalue weighted by molar-refractivity contribution is 9.10. The van der Waals surface area contributed by atoms with Gasteiger partial charge in [0.1, 0.15) is 0 Å². The van der Waals surface area contributed by atoms with Gasteiger partial charge in [0.25, 0.3) is 0 Å². The number of fused-ring (bicyclic) bond motifs is 3. The van der Waals surface area contributed by atoms with Crippen LogP contribution in [0.25, 0.3) is 11.1 Å². The number of benzene rings is 3. The van der Waals surface area contributed by atoms with E-state index in [4.69, 9.17) is 0 Å². The standard InChI is InChI=1S/C23H16Br2O3/c1-23(2)17-10-12(6-8-14(17)15-9-7-13(24)11-18(15)23)21(26)20-16(22(27)28)4-3-5-19(20)25/h3-11H,1-2H3,(H,27,28). The Labute approximate surface area is 179 Å². The van der Waals surface area contributed by atoms with E-state index in [1.807, 2.05) is 18.2 Å². The normalized spacial score (nSPS) is 13.7. The van der Waals surface area contributed by atoms with E-state index in [9.17, 15) is 14.7 Å². The number of aromatic carboxylic acids is 1. The summed E-state index contributed by atoms with van der Waals surface area (Å²) in [6.07, 6.45) is 0. The van der Waals surface area contributed by atoms with Crippen molar-refractivity contribution < 1.29 is 14.7 Å². The van der Waals surface area contributed by atoms with Crippen molar-refractivity contribution in [1.82, 2.24) is 0 Å². The lowest BCUT2D eigenvalue weighted by Gasteiger charge is -2.22. The molecule has 28 heavy (non-hydrogen) atoms. The molecule has 0 atom stereocenters. The van der Waals surface area contributed by atoms with Crippen LogP contribution >= 0.6 is 31.9 Å². The van der Waals surface area contributed by atoms with Gasteiger partial charge in [-0.05, 0) is 52.6 Å². The fourth-order valence-corrected chi connectivity index (χ4v) is 4.84. The summed E-state index contributed by atoms with van der Waals surface area (Å²) in [7, 11) is 0. The number of carbonyl (C=O) groups excluding carboxylic acids is 1. The minimum absolute atomic E-state index is 0.00801. The zero-order chi connectivity index (χ0) is 20.2. The van der Waals surface area contributed by atoms with E-state index in [0.29, 0.717) is 10.0 Å². The number of ketones is 1. The summed E-state index contributed by atoms with van der Waals surface area (Å²) in [5.74, 6) is -1.43. The molecular weight excluding hydrogens is 484 g/mol. The molecule has 0 aromatic heterocycles. The summed E-state index contributed by atoms with van der Waals surface area (Å²) in [6.45, 7) is 4.28. The first kappa shape index (κ1) is 19.1. The Balaban J connectivity index is 1.87. The van der Waals surface area contributed by atoms with Gasteiger partial charge < -0.3 is 5.11 Å². The first-order chi connectivity index (χ1) is 13.2. The molecule has 0 unspecified atom stereocenters. The number of carboxylic acid groups (broad SMARTS) is 1. The molecular formula is C23H16Br2O3. The van der Waals surface area contributed by atoms with Gasteiger partial charge in [-0.2, -0.15) is 0 Å². The average Bonchev–Trinajstić information content (AvgIpc) is 2.87. The third kappa shape index (κ3) is 2.85. The van der Waals surface area contributed by atoms with Crippen molar-refractivity contribution in [2.45, 2.75) is 19.3 Å². The van der Waals surface area contributed by atoms with Crippen LogP contribution in [0.2, 0.25) is 0 Å². The maximum absolute atomic E-state index is 13.2.